The highest BCUT2D eigenvalue weighted by Crippen LogP contribution is 2.13. The molecule has 0 spiro atoms. The van der Waals surface area contributed by atoms with Crippen LogP contribution in [0.2, 0.25) is 0 Å². The second kappa shape index (κ2) is 7.17. The first-order valence-corrected chi connectivity index (χ1v) is 7.36. The van der Waals surface area contributed by atoms with Gasteiger partial charge in [-0.15, -0.1) is 0 Å². The van der Waals surface area contributed by atoms with E-state index >= 15 is 0 Å². The molecule has 1 aromatic rings. The molecule has 1 aliphatic rings. The summed E-state index contributed by atoms with van der Waals surface area (Å²) in [6.07, 6.45) is 0.997. The number of ether oxygens (including phenoxy) is 1. The minimum atomic E-state index is 0.558. The van der Waals surface area contributed by atoms with E-state index in [0.717, 1.165) is 44.4 Å². The van der Waals surface area contributed by atoms with E-state index in [1.54, 1.807) is 0 Å². The summed E-state index contributed by atoms with van der Waals surface area (Å²) in [5.74, 6) is 2.53. The Morgan fingerprint density at radius 2 is 2.05 bits per heavy atom. The van der Waals surface area contributed by atoms with Gasteiger partial charge in [0.2, 0.25) is 0 Å². The minimum absolute atomic E-state index is 0.558. The molecule has 110 valence electrons. The van der Waals surface area contributed by atoms with Gasteiger partial charge < -0.3 is 15.0 Å². The Hall–Kier alpha value is -1.71. The molecule has 4 heteroatoms. The van der Waals surface area contributed by atoms with Crippen molar-refractivity contribution in [3.63, 3.8) is 0 Å². The van der Waals surface area contributed by atoms with Crippen molar-refractivity contribution in [2.24, 2.45) is 10.9 Å². The third-order valence-electron chi connectivity index (χ3n) is 3.26. The Labute approximate surface area is 121 Å². The molecular weight excluding hydrogens is 250 g/mol. The third kappa shape index (κ3) is 4.44. The van der Waals surface area contributed by atoms with Crippen molar-refractivity contribution in [2.45, 2.75) is 20.3 Å². The quantitative estimate of drug-likeness (QED) is 0.864. The molecule has 4 nitrogen and oxygen atoms in total. The van der Waals surface area contributed by atoms with E-state index in [4.69, 9.17) is 4.74 Å². The smallest absolute Gasteiger partial charge is 0.193 e. The van der Waals surface area contributed by atoms with Crippen LogP contribution in [0.15, 0.2) is 29.3 Å². The van der Waals surface area contributed by atoms with E-state index in [9.17, 15) is 0 Å². The van der Waals surface area contributed by atoms with E-state index in [1.807, 2.05) is 0 Å². The molecule has 0 radical (unpaired) electrons. The van der Waals surface area contributed by atoms with Crippen LogP contribution < -0.4 is 10.1 Å². The van der Waals surface area contributed by atoms with Gasteiger partial charge in [0.25, 0.3) is 0 Å². The topological polar surface area (TPSA) is 36.9 Å². The summed E-state index contributed by atoms with van der Waals surface area (Å²) >= 11 is 0. The van der Waals surface area contributed by atoms with Crippen molar-refractivity contribution < 1.29 is 4.74 Å². The van der Waals surface area contributed by atoms with Crippen LogP contribution in [0.5, 0.6) is 5.75 Å². The second-order valence-electron chi connectivity index (χ2n) is 5.65. The Morgan fingerprint density at radius 1 is 1.30 bits per heavy atom. The minimum Gasteiger partial charge on any atom is -0.493 e. The fraction of sp³-hybridized carbons (Fsp3) is 0.562. The second-order valence-corrected chi connectivity index (χ2v) is 5.65. The van der Waals surface area contributed by atoms with Crippen LogP contribution in [0.25, 0.3) is 0 Å². The zero-order valence-corrected chi connectivity index (χ0v) is 12.7. The SMILES string of the molecule is CC(C)COc1ccc(CCNC2=NCCN2C)cc1. The van der Waals surface area contributed by atoms with Gasteiger partial charge in [0, 0.05) is 20.1 Å². The number of benzene rings is 1. The molecule has 0 unspecified atom stereocenters. The van der Waals surface area contributed by atoms with Crippen LogP contribution >= 0.6 is 0 Å². The van der Waals surface area contributed by atoms with Crippen LogP contribution in [0.4, 0.5) is 0 Å². The van der Waals surface area contributed by atoms with Crippen molar-refractivity contribution in [2.75, 3.05) is 33.3 Å². The number of nitrogens with zero attached hydrogens (tertiary/aromatic N) is 2. The number of nitrogens with one attached hydrogen (secondary N) is 1. The molecule has 0 amide bonds. The van der Waals surface area contributed by atoms with E-state index < -0.39 is 0 Å². The van der Waals surface area contributed by atoms with E-state index in [1.165, 1.54) is 5.56 Å². The van der Waals surface area contributed by atoms with Crippen molar-refractivity contribution in [3.05, 3.63) is 29.8 Å². The Bertz CT molecular complexity index is 440. The lowest BCUT2D eigenvalue weighted by molar-refractivity contribution is 0.271. The largest absolute Gasteiger partial charge is 0.493 e. The third-order valence-corrected chi connectivity index (χ3v) is 3.26. The van der Waals surface area contributed by atoms with Gasteiger partial charge >= 0.3 is 0 Å². The van der Waals surface area contributed by atoms with Gasteiger partial charge in [-0.3, -0.25) is 4.99 Å². The van der Waals surface area contributed by atoms with Crippen LogP contribution in [0, 0.1) is 5.92 Å². The Morgan fingerprint density at radius 3 is 2.65 bits per heavy atom. The predicted octanol–water partition coefficient (Wildman–Crippen LogP) is 2.15. The predicted molar refractivity (Wildman–Crippen MR) is 83.4 cm³/mol. The van der Waals surface area contributed by atoms with E-state index in [2.05, 4.69) is 60.4 Å². The maximum absolute atomic E-state index is 5.68. The molecule has 0 fully saturated rings. The summed E-state index contributed by atoms with van der Waals surface area (Å²) < 4.78 is 5.68. The first-order chi connectivity index (χ1) is 9.65. The highest BCUT2D eigenvalue weighted by molar-refractivity contribution is 5.81. The number of hydrogen-bond acceptors (Lipinski definition) is 4. The normalized spacial score (nSPS) is 14.6. The fourth-order valence-electron chi connectivity index (χ4n) is 2.06. The van der Waals surface area contributed by atoms with Crippen LogP contribution in [0.3, 0.4) is 0 Å². The van der Waals surface area contributed by atoms with E-state index in [-0.39, 0.29) is 0 Å². The fourth-order valence-corrected chi connectivity index (χ4v) is 2.06. The van der Waals surface area contributed by atoms with Crippen LogP contribution in [-0.4, -0.2) is 44.1 Å². The van der Waals surface area contributed by atoms with Crippen molar-refractivity contribution >= 4 is 5.96 Å². The molecule has 0 aliphatic carbocycles. The number of likely N-dealkylation sites (N-methyl/N-ethyl adjacent to an activating group) is 1. The lowest BCUT2D eigenvalue weighted by Crippen LogP contribution is -2.36. The van der Waals surface area contributed by atoms with Gasteiger partial charge in [-0.05, 0) is 30.0 Å². The number of hydrogen-bond donors (Lipinski definition) is 1. The van der Waals surface area contributed by atoms with Gasteiger partial charge in [0.15, 0.2) is 5.96 Å². The number of aliphatic imine (C=N–C) groups is 1. The van der Waals surface area contributed by atoms with Crippen LogP contribution in [-0.2, 0) is 6.42 Å². The van der Waals surface area contributed by atoms with Crippen molar-refractivity contribution in [1.82, 2.24) is 10.2 Å². The first-order valence-electron chi connectivity index (χ1n) is 7.36. The monoisotopic (exact) mass is 275 g/mol. The summed E-state index contributed by atoms with van der Waals surface area (Å²) in [5, 5.41) is 3.38. The highest BCUT2D eigenvalue weighted by atomic mass is 16.5. The molecule has 0 bridgehead atoms. The van der Waals surface area contributed by atoms with Crippen molar-refractivity contribution in [3.8, 4) is 5.75 Å². The number of rotatable bonds is 6. The maximum atomic E-state index is 5.68. The van der Waals surface area contributed by atoms with Gasteiger partial charge in [0.1, 0.15) is 5.75 Å². The summed E-state index contributed by atoms with van der Waals surface area (Å²) in [6, 6.07) is 8.38. The van der Waals surface area contributed by atoms with Gasteiger partial charge in [0.05, 0.1) is 13.2 Å². The van der Waals surface area contributed by atoms with Gasteiger partial charge in [-0.1, -0.05) is 26.0 Å². The lowest BCUT2D eigenvalue weighted by atomic mass is 10.1. The summed E-state index contributed by atoms with van der Waals surface area (Å²) in [5.41, 5.74) is 1.32. The van der Waals surface area contributed by atoms with Crippen LogP contribution in [0.1, 0.15) is 19.4 Å². The molecule has 0 saturated heterocycles. The molecule has 0 saturated carbocycles. The zero-order valence-electron chi connectivity index (χ0n) is 12.7. The zero-order chi connectivity index (χ0) is 14.4. The first kappa shape index (κ1) is 14.7. The Balaban J connectivity index is 1.73. The average molecular weight is 275 g/mol. The molecular formula is C16H25N3O. The number of guanidine groups is 1. The molecule has 1 heterocycles. The lowest BCUT2D eigenvalue weighted by Gasteiger charge is -2.15. The van der Waals surface area contributed by atoms with Gasteiger partial charge in [-0.25, -0.2) is 0 Å². The maximum Gasteiger partial charge on any atom is 0.193 e. The standard InChI is InChI=1S/C16H25N3O/c1-13(2)12-20-15-6-4-14(5-7-15)8-9-17-16-18-10-11-19(16)3/h4-7,13H,8-12H2,1-3H3,(H,17,18). The Kier molecular flexibility index (Phi) is 5.27. The average Bonchev–Trinajstić information content (AvgIpc) is 2.83. The molecule has 0 atom stereocenters. The van der Waals surface area contributed by atoms with Gasteiger partial charge in [-0.2, -0.15) is 0 Å². The summed E-state index contributed by atoms with van der Waals surface area (Å²) in [7, 11) is 2.07. The van der Waals surface area contributed by atoms with Crippen molar-refractivity contribution in [1.29, 1.82) is 0 Å². The molecule has 0 aromatic heterocycles. The van der Waals surface area contributed by atoms with E-state index in [0.29, 0.717) is 5.92 Å². The molecule has 1 aliphatic heterocycles. The molecule has 20 heavy (non-hydrogen) atoms. The molecule has 2 rings (SSSR count). The molecule has 1 aromatic carbocycles. The summed E-state index contributed by atoms with van der Waals surface area (Å²) in [6.45, 7) is 7.92. The summed E-state index contributed by atoms with van der Waals surface area (Å²) in [4.78, 5) is 6.57. The molecule has 1 N–H and O–H groups in total. The highest BCUT2D eigenvalue weighted by Gasteiger charge is 2.10.